The second-order valence-electron chi connectivity index (χ2n) is 9.90. The minimum absolute atomic E-state index is 0.161. The molecule has 0 heterocycles. The van der Waals surface area contributed by atoms with Crippen LogP contribution >= 0.6 is 0 Å². The molecule has 0 bridgehead atoms. The molecule has 0 aliphatic heterocycles. The Hall–Kier alpha value is -2.98. The first-order chi connectivity index (χ1) is 19.5. The average molecular weight is 553 g/mol. The van der Waals surface area contributed by atoms with Crippen LogP contribution in [0.15, 0.2) is 66.7 Å². The van der Waals surface area contributed by atoms with Crippen LogP contribution in [0.5, 0.6) is 11.5 Å². The van der Waals surface area contributed by atoms with Crippen LogP contribution in [0.2, 0.25) is 0 Å². The number of nitrogens with one attached hydrogen (secondary N) is 2. The van der Waals surface area contributed by atoms with Crippen LogP contribution in [-0.4, -0.2) is 78.6 Å². The molecule has 0 saturated carbocycles. The molecule has 3 rings (SSSR count). The van der Waals surface area contributed by atoms with Gasteiger partial charge in [0.2, 0.25) is 0 Å². The summed E-state index contributed by atoms with van der Waals surface area (Å²) >= 11 is 0. The molecule has 3 aromatic rings. The first-order valence-electron chi connectivity index (χ1n) is 14.0. The van der Waals surface area contributed by atoms with Gasteiger partial charge >= 0.3 is 0 Å². The average Bonchev–Trinajstić information content (AvgIpc) is 2.98. The Balaban J connectivity index is 1.51. The van der Waals surface area contributed by atoms with Crippen molar-refractivity contribution in [2.24, 2.45) is 0 Å². The normalized spacial score (nSPS) is 13.6. The van der Waals surface area contributed by atoms with Gasteiger partial charge in [-0.3, -0.25) is 0 Å². The lowest BCUT2D eigenvalue weighted by atomic mass is 9.95. The van der Waals surface area contributed by atoms with E-state index in [1.165, 1.54) is 0 Å². The summed E-state index contributed by atoms with van der Waals surface area (Å²) in [6.07, 6.45) is -0.0186. The maximum Gasteiger partial charge on any atom is 0.122 e. The fourth-order valence-electron chi connectivity index (χ4n) is 4.54. The molecule has 0 fully saturated rings. The summed E-state index contributed by atoms with van der Waals surface area (Å²) in [6.45, 7) is 6.41. The Kier molecular flexibility index (Phi) is 13.4. The molecule has 0 aliphatic rings. The molecule has 0 unspecified atom stereocenters. The predicted molar refractivity (Wildman–Crippen MR) is 158 cm³/mol. The van der Waals surface area contributed by atoms with E-state index in [1.54, 1.807) is 0 Å². The summed E-state index contributed by atoms with van der Waals surface area (Å²) in [5.74, 6) is 1.66. The molecule has 0 aromatic heterocycles. The molecule has 40 heavy (non-hydrogen) atoms. The monoisotopic (exact) mass is 552 g/mol. The third-order valence-corrected chi connectivity index (χ3v) is 6.91. The van der Waals surface area contributed by atoms with Gasteiger partial charge in [-0.05, 0) is 79.7 Å². The van der Waals surface area contributed by atoms with Crippen LogP contribution in [0, 0.1) is 13.8 Å². The maximum atomic E-state index is 10.6. The highest BCUT2D eigenvalue weighted by Gasteiger charge is 2.19. The molecule has 6 N–H and O–H groups in total. The zero-order valence-corrected chi connectivity index (χ0v) is 23.6. The Bertz CT molecular complexity index is 1140. The van der Waals surface area contributed by atoms with Gasteiger partial charge in [0.1, 0.15) is 11.5 Å². The Morgan fingerprint density at radius 1 is 0.700 bits per heavy atom. The van der Waals surface area contributed by atoms with E-state index in [0.29, 0.717) is 32.8 Å². The summed E-state index contributed by atoms with van der Waals surface area (Å²) < 4.78 is 12.2. The summed E-state index contributed by atoms with van der Waals surface area (Å²) in [7, 11) is 0. The summed E-state index contributed by atoms with van der Waals surface area (Å²) in [6, 6.07) is 21.0. The second kappa shape index (κ2) is 17.0. The van der Waals surface area contributed by atoms with E-state index in [0.717, 1.165) is 52.2 Å². The van der Waals surface area contributed by atoms with E-state index < -0.39 is 18.2 Å². The fourth-order valence-corrected chi connectivity index (χ4v) is 4.54. The Morgan fingerprint density at radius 2 is 1.27 bits per heavy atom. The number of hydrogen-bond donors (Lipinski definition) is 6. The lowest BCUT2D eigenvalue weighted by Gasteiger charge is -2.22. The smallest absolute Gasteiger partial charge is 0.122 e. The fraction of sp³-hybridized carbons (Fsp3) is 0.438. The SMILES string of the molecule is Cc1c(OCCCNC[C@H](O)CO)cccc1-c1cccc(OCCCN[C@H](CO)[C@H](O)c2ccccc2)c1C. The van der Waals surface area contributed by atoms with Crippen molar-refractivity contribution in [3.8, 4) is 22.6 Å². The molecule has 0 radical (unpaired) electrons. The van der Waals surface area contributed by atoms with Gasteiger partial charge in [-0.2, -0.15) is 0 Å². The molecule has 3 atom stereocenters. The molecule has 218 valence electrons. The van der Waals surface area contributed by atoms with E-state index >= 15 is 0 Å². The molecule has 8 nitrogen and oxygen atoms in total. The molecule has 0 aliphatic carbocycles. The van der Waals surface area contributed by atoms with Crippen molar-refractivity contribution in [2.45, 2.75) is 44.9 Å². The second-order valence-corrected chi connectivity index (χ2v) is 9.90. The van der Waals surface area contributed by atoms with Crippen LogP contribution in [-0.2, 0) is 0 Å². The number of aliphatic hydroxyl groups excluding tert-OH is 4. The van der Waals surface area contributed by atoms with Crippen LogP contribution < -0.4 is 20.1 Å². The van der Waals surface area contributed by atoms with Crippen molar-refractivity contribution in [1.82, 2.24) is 10.6 Å². The minimum atomic E-state index is -0.781. The number of rotatable bonds is 18. The van der Waals surface area contributed by atoms with E-state index in [2.05, 4.69) is 36.6 Å². The van der Waals surface area contributed by atoms with Gasteiger partial charge in [0.25, 0.3) is 0 Å². The van der Waals surface area contributed by atoms with E-state index in [4.69, 9.17) is 14.6 Å². The van der Waals surface area contributed by atoms with Gasteiger partial charge < -0.3 is 40.5 Å². The predicted octanol–water partition coefficient (Wildman–Crippen LogP) is 3.14. The van der Waals surface area contributed by atoms with Crippen LogP contribution in [0.1, 0.15) is 35.6 Å². The standard InChI is InChI=1S/C32H44N2O6/c1-23-27(12-6-14-30(23)39-18-8-16-33-20-26(37)21-35)28-13-7-15-31(24(28)2)40-19-9-17-34-29(22-36)32(38)25-10-4-3-5-11-25/h3-7,10-15,26,29,32-38H,8-9,16-22H2,1-2H3/t26-,29+,32+/m0/s1. The molecular weight excluding hydrogens is 508 g/mol. The molecular formula is C32H44N2O6. The van der Waals surface area contributed by atoms with E-state index in [9.17, 15) is 15.3 Å². The molecule has 0 amide bonds. The largest absolute Gasteiger partial charge is 0.493 e. The summed E-state index contributed by atoms with van der Waals surface area (Å²) in [4.78, 5) is 0. The third kappa shape index (κ3) is 9.30. The number of aliphatic hydroxyl groups is 4. The molecule has 0 spiro atoms. The zero-order chi connectivity index (χ0) is 28.7. The minimum Gasteiger partial charge on any atom is -0.493 e. The van der Waals surface area contributed by atoms with Crippen molar-refractivity contribution >= 4 is 0 Å². The maximum absolute atomic E-state index is 10.6. The van der Waals surface area contributed by atoms with Crippen LogP contribution in [0.25, 0.3) is 11.1 Å². The molecule has 3 aromatic carbocycles. The Morgan fingerprint density at radius 3 is 1.82 bits per heavy atom. The lowest BCUT2D eigenvalue weighted by Crippen LogP contribution is -2.39. The first-order valence-corrected chi connectivity index (χ1v) is 14.0. The van der Waals surface area contributed by atoms with Gasteiger partial charge in [-0.15, -0.1) is 0 Å². The molecule has 0 saturated heterocycles. The van der Waals surface area contributed by atoms with Crippen LogP contribution in [0.4, 0.5) is 0 Å². The van der Waals surface area contributed by atoms with Gasteiger partial charge in [0.15, 0.2) is 0 Å². The highest BCUT2D eigenvalue weighted by molar-refractivity contribution is 5.74. The van der Waals surface area contributed by atoms with Crippen molar-refractivity contribution in [2.75, 3.05) is 46.1 Å². The van der Waals surface area contributed by atoms with E-state index in [-0.39, 0.29) is 13.2 Å². The Labute approximate surface area is 237 Å². The van der Waals surface area contributed by atoms with Gasteiger partial charge in [0.05, 0.1) is 44.7 Å². The first kappa shape index (κ1) is 31.5. The number of benzene rings is 3. The van der Waals surface area contributed by atoms with Gasteiger partial charge in [-0.25, -0.2) is 0 Å². The highest BCUT2D eigenvalue weighted by atomic mass is 16.5. The van der Waals surface area contributed by atoms with Crippen molar-refractivity contribution in [3.63, 3.8) is 0 Å². The highest BCUT2D eigenvalue weighted by Crippen LogP contribution is 2.35. The number of hydrogen-bond acceptors (Lipinski definition) is 8. The zero-order valence-electron chi connectivity index (χ0n) is 23.6. The van der Waals surface area contributed by atoms with Gasteiger partial charge in [-0.1, -0.05) is 54.6 Å². The van der Waals surface area contributed by atoms with Crippen molar-refractivity contribution < 1.29 is 29.9 Å². The topological polar surface area (TPSA) is 123 Å². The quantitative estimate of drug-likeness (QED) is 0.133. The number of ether oxygens (including phenoxy) is 2. The lowest BCUT2D eigenvalue weighted by molar-refractivity contribution is 0.0893. The summed E-state index contributed by atoms with van der Waals surface area (Å²) in [5, 5.41) is 44.9. The molecule has 8 heteroatoms. The van der Waals surface area contributed by atoms with Crippen molar-refractivity contribution in [3.05, 3.63) is 83.4 Å². The van der Waals surface area contributed by atoms with E-state index in [1.807, 2.05) is 54.6 Å². The summed E-state index contributed by atoms with van der Waals surface area (Å²) in [5.41, 5.74) is 5.06. The third-order valence-electron chi connectivity index (χ3n) is 6.91. The van der Waals surface area contributed by atoms with Crippen molar-refractivity contribution in [1.29, 1.82) is 0 Å². The van der Waals surface area contributed by atoms with Gasteiger partial charge in [0, 0.05) is 6.54 Å². The van der Waals surface area contributed by atoms with Crippen LogP contribution in [0.3, 0.4) is 0 Å².